The van der Waals surface area contributed by atoms with Gasteiger partial charge in [0.1, 0.15) is 0 Å². The van der Waals surface area contributed by atoms with Gasteiger partial charge in [-0.1, -0.05) is 48.5 Å². The molecule has 4 aromatic rings. The molecule has 2 aromatic carbocycles. The van der Waals surface area contributed by atoms with Crippen LogP contribution < -0.4 is 10.6 Å². The second kappa shape index (κ2) is 8.21. The molecular weight excluding hydrogens is 376 g/mol. The van der Waals surface area contributed by atoms with E-state index >= 15 is 0 Å². The van der Waals surface area contributed by atoms with Gasteiger partial charge in [0.2, 0.25) is 5.82 Å². The molecule has 2 amide bonds. The number of carbonyl (C=O) groups is 2. The number of nitrogens with one attached hydrogen (secondary N) is 2. The molecule has 4 rings (SSSR count). The van der Waals surface area contributed by atoms with E-state index < -0.39 is 0 Å². The zero-order valence-corrected chi connectivity index (χ0v) is 16.8. The Balaban J connectivity index is 1.62. The monoisotopic (exact) mass is 398 g/mol. The van der Waals surface area contributed by atoms with Crippen LogP contribution in [-0.4, -0.2) is 21.2 Å². The Labute approximate surface area is 174 Å². The summed E-state index contributed by atoms with van der Waals surface area (Å²) < 4.78 is 1.64. The van der Waals surface area contributed by atoms with Crippen molar-refractivity contribution in [3.63, 3.8) is 0 Å². The Morgan fingerprint density at radius 1 is 0.867 bits per heavy atom. The molecule has 0 atom stereocenters. The van der Waals surface area contributed by atoms with Gasteiger partial charge in [0.25, 0.3) is 11.8 Å². The minimum absolute atomic E-state index is 0.175. The number of benzene rings is 2. The van der Waals surface area contributed by atoms with Crippen LogP contribution in [-0.2, 0) is 6.54 Å². The van der Waals surface area contributed by atoms with Gasteiger partial charge in [0, 0.05) is 18.4 Å². The number of aryl methyl sites for hydroxylation is 2. The van der Waals surface area contributed by atoms with Crippen molar-refractivity contribution in [1.29, 1.82) is 0 Å². The number of aromatic nitrogens is 2. The Bertz CT molecular complexity index is 1240. The number of fused-ring (bicyclic) bond motifs is 1. The number of amides is 2. The van der Waals surface area contributed by atoms with Gasteiger partial charge in [-0.05, 0) is 48.7 Å². The molecule has 6 nitrogen and oxygen atoms in total. The van der Waals surface area contributed by atoms with Crippen LogP contribution in [0.25, 0.3) is 5.52 Å². The Hall–Kier alpha value is -3.93. The number of rotatable bonds is 5. The van der Waals surface area contributed by atoms with Crippen molar-refractivity contribution in [2.75, 3.05) is 5.32 Å². The largest absolute Gasteiger partial charge is 0.345 e. The first-order valence-electron chi connectivity index (χ1n) is 9.71. The predicted molar refractivity (Wildman–Crippen MR) is 117 cm³/mol. The van der Waals surface area contributed by atoms with Crippen molar-refractivity contribution < 1.29 is 9.59 Å². The molecule has 2 aromatic heterocycles. The lowest BCUT2D eigenvalue weighted by molar-refractivity contribution is 0.0940. The highest BCUT2D eigenvalue weighted by molar-refractivity contribution is 6.09. The summed E-state index contributed by atoms with van der Waals surface area (Å²) in [6.45, 7) is 4.31. The van der Waals surface area contributed by atoms with E-state index in [2.05, 4.69) is 15.6 Å². The molecule has 6 heteroatoms. The number of hydrogen-bond donors (Lipinski definition) is 2. The van der Waals surface area contributed by atoms with Crippen LogP contribution in [0.3, 0.4) is 0 Å². The van der Waals surface area contributed by atoms with Crippen molar-refractivity contribution in [2.24, 2.45) is 0 Å². The average Bonchev–Trinajstić information content (AvgIpc) is 3.14. The third-order valence-electron chi connectivity index (χ3n) is 5.06. The van der Waals surface area contributed by atoms with Crippen molar-refractivity contribution >= 4 is 23.0 Å². The molecule has 2 heterocycles. The van der Waals surface area contributed by atoms with Crippen LogP contribution in [0.15, 0.2) is 72.9 Å². The predicted octanol–water partition coefficient (Wildman–Crippen LogP) is 4.13. The fraction of sp³-hybridized carbons (Fsp3) is 0.125. The second-order valence-corrected chi connectivity index (χ2v) is 7.12. The summed E-state index contributed by atoms with van der Waals surface area (Å²) in [7, 11) is 0. The van der Waals surface area contributed by atoms with E-state index in [1.807, 2.05) is 68.4 Å². The molecule has 0 saturated heterocycles. The van der Waals surface area contributed by atoms with Gasteiger partial charge < -0.3 is 10.6 Å². The maximum atomic E-state index is 12.9. The molecule has 0 aliphatic carbocycles. The van der Waals surface area contributed by atoms with Crippen LogP contribution in [0, 0.1) is 13.8 Å². The molecule has 30 heavy (non-hydrogen) atoms. The first kappa shape index (κ1) is 19.4. The summed E-state index contributed by atoms with van der Waals surface area (Å²) in [5, 5.41) is 5.80. The molecule has 0 aliphatic rings. The normalized spacial score (nSPS) is 10.7. The van der Waals surface area contributed by atoms with E-state index in [1.54, 1.807) is 22.7 Å². The van der Waals surface area contributed by atoms with Crippen LogP contribution >= 0.6 is 0 Å². The standard InChI is InChI=1S/C24H22N4O2/c1-16-9-3-5-11-18(16)15-25-24(30)22-27-21(20-13-7-8-14-28(20)22)23(29)26-19-12-6-4-10-17(19)2/h3-14H,15H2,1-2H3,(H,25,30)(H,26,29). The van der Waals surface area contributed by atoms with Gasteiger partial charge in [-0.3, -0.25) is 14.0 Å². The number of hydrogen-bond acceptors (Lipinski definition) is 3. The molecule has 2 N–H and O–H groups in total. The van der Waals surface area contributed by atoms with Crippen LogP contribution in [0.5, 0.6) is 0 Å². The Kier molecular flexibility index (Phi) is 5.30. The molecule has 0 radical (unpaired) electrons. The second-order valence-electron chi connectivity index (χ2n) is 7.12. The fourth-order valence-corrected chi connectivity index (χ4v) is 3.32. The Morgan fingerprint density at radius 2 is 1.57 bits per heavy atom. The summed E-state index contributed by atoms with van der Waals surface area (Å²) in [4.78, 5) is 30.2. The first-order valence-corrected chi connectivity index (χ1v) is 9.71. The van der Waals surface area contributed by atoms with E-state index in [1.165, 1.54) is 0 Å². The molecule has 150 valence electrons. The summed E-state index contributed by atoms with van der Waals surface area (Å²) in [6, 6.07) is 20.8. The number of anilines is 1. The molecule has 0 unspecified atom stereocenters. The number of imidazole rings is 1. The van der Waals surface area contributed by atoms with E-state index in [-0.39, 0.29) is 23.3 Å². The quantitative estimate of drug-likeness (QED) is 0.531. The summed E-state index contributed by atoms with van der Waals surface area (Å²) in [6.07, 6.45) is 1.73. The molecule has 0 aliphatic heterocycles. The smallest absolute Gasteiger partial charge is 0.287 e. The average molecular weight is 398 g/mol. The van der Waals surface area contributed by atoms with E-state index in [9.17, 15) is 9.59 Å². The highest BCUT2D eigenvalue weighted by atomic mass is 16.2. The lowest BCUT2D eigenvalue weighted by atomic mass is 10.1. The minimum Gasteiger partial charge on any atom is -0.345 e. The van der Waals surface area contributed by atoms with E-state index in [0.717, 1.165) is 16.7 Å². The molecular formula is C24H22N4O2. The molecule has 0 bridgehead atoms. The lowest BCUT2D eigenvalue weighted by Gasteiger charge is -2.07. The van der Waals surface area contributed by atoms with Crippen LogP contribution in [0.1, 0.15) is 37.8 Å². The van der Waals surface area contributed by atoms with Gasteiger partial charge in [-0.25, -0.2) is 4.98 Å². The number of carbonyl (C=O) groups excluding carboxylic acids is 2. The summed E-state index contributed by atoms with van der Waals surface area (Å²) in [5.41, 5.74) is 4.58. The lowest BCUT2D eigenvalue weighted by Crippen LogP contribution is -2.25. The van der Waals surface area contributed by atoms with Crippen molar-refractivity contribution in [2.45, 2.75) is 20.4 Å². The number of pyridine rings is 1. The number of nitrogens with zero attached hydrogens (tertiary/aromatic N) is 2. The van der Waals surface area contributed by atoms with Gasteiger partial charge in [0.05, 0.1) is 5.52 Å². The SMILES string of the molecule is Cc1ccccc1CNC(=O)c1nc(C(=O)Nc2ccccc2C)c2ccccn12. The Morgan fingerprint density at radius 3 is 2.33 bits per heavy atom. The van der Waals surface area contributed by atoms with Gasteiger partial charge in [-0.15, -0.1) is 0 Å². The zero-order chi connectivity index (χ0) is 21.1. The van der Waals surface area contributed by atoms with Gasteiger partial charge in [0.15, 0.2) is 5.69 Å². The topological polar surface area (TPSA) is 75.5 Å². The van der Waals surface area contributed by atoms with Gasteiger partial charge in [-0.2, -0.15) is 0 Å². The van der Waals surface area contributed by atoms with Crippen molar-refractivity contribution in [3.8, 4) is 0 Å². The van der Waals surface area contributed by atoms with Crippen LogP contribution in [0.2, 0.25) is 0 Å². The summed E-state index contributed by atoms with van der Waals surface area (Å²) >= 11 is 0. The highest BCUT2D eigenvalue weighted by Gasteiger charge is 2.21. The molecule has 0 spiro atoms. The first-order chi connectivity index (χ1) is 14.5. The third kappa shape index (κ3) is 3.80. The maximum absolute atomic E-state index is 12.9. The van der Waals surface area contributed by atoms with Crippen molar-refractivity contribution in [1.82, 2.24) is 14.7 Å². The maximum Gasteiger partial charge on any atom is 0.287 e. The number of para-hydroxylation sites is 1. The summed E-state index contributed by atoms with van der Waals surface area (Å²) in [5.74, 6) is -0.519. The minimum atomic E-state index is -0.356. The van der Waals surface area contributed by atoms with Gasteiger partial charge >= 0.3 is 0 Å². The third-order valence-corrected chi connectivity index (χ3v) is 5.06. The highest BCUT2D eigenvalue weighted by Crippen LogP contribution is 2.18. The zero-order valence-electron chi connectivity index (χ0n) is 16.8. The van der Waals surface area contributed by atoms with Crippen molar-refractivity contribution in [3.05, 3.63) is 101 Å². The molecule has 0 saturated carbocycles. The van der Waals surface area contributed by atoms with E-state index in [0.29, 0.717) is 17.7 Å². The van der Waals surface area contributed by atoms with E-state index in [4.69, 9.17) is 0 Å². The van der Waals surface area contributed by atoms with Crippen LogP contribution in [0.4, 0.5) is 5.69 Å². The fourth-order valence-electron chi connectivity index (χ4n) is 3.32. The molecule has 0 fully saturated rings.